The zero-order valence-corrected chi connectivity index (χ0v) is 21.9. The summed E-state index contributed by atoms with van der Waals surface area (Å²) in [5, 5.41) is 15.9. The molecule has 4 rings (SSSR count). The zero-order chi connectivity index (χ0) is 26.7. The van der Waals surface area contributed by atoms with Crippen LogP contribution in [0.3, 0.4) is 0 Å². The SMILES string of the molecule is Cc1nc(Nc2nc(NCc3ccc(S(C)(=O)=O)cc3)cc(N3CCC(C(N)=O)CC3)n2)sc1C(=O)O. The average Bonchev–Trinajstić information content (AvgIpc) is 3.22. The minimum Gasteiger partial charge on any atom is -0.477 e. The van der Waals surface area contributed by atoms with E-state index in [0.29, 0.717) is 54.9 Å². The van der Waals surface area contributed by atoms with Crippen LogP contribution in [0.1, 0.15) is 33.8 Å². The number of primary amides is 1. The summed E-state index contributed by atoms with van der Waals surface area (Å²) in [5.41, 5.74) is 6.71. The predicted octanol–water partition coefficient (Wildman–Crippen LogP) is 2.40. The molecule has 0 bridgehead atoms. The first-order valence-electron chi connectivity index (χ1n) is 11.4. The maximum Gasteiger partial charge on any atom is 0.347 e. The molecule has 0 saturated carbocycles. The summed E-state index contributed by atoms with van der Waals surface area (Å²) in [6.45, 7) is 3.18. The number of carboxylic acid groups (broad SMARTS) is 1. The zero-order valence-electron chi connectivity index (χ0n) is 20.3. The van der Waals surface area contributed by atoms with Gasteiger partial charge in [-0.1, -0.05) is 23.5 Å². The lowest BCUT2D eigenvalue weighted by atomic mass is 9.96. The van der Waals surface area contributed by atoms with Crippen LogP contribution in [0, 0.1) is 12.8 Å². The molecule has 2 aromatic heterocycles. The van der Waals surface area contributed by atoms with Crippen LogP contribution in [-0.4, -0.2) is 59.7 Å². The molecule has 1 amide bonds. The van der Waals surface area contributed by atoms with Crippen LogP contribution in [0.25, 0.3) is 0 Å². The predicted molar refractivity (Wildman–Crippen MR) is 140 cm³/mol. The molecule has 0 atom stereocenters. The van der Waals surface area contributed by atoms with Gasteiger partial charge in [-0.05, 0) is 37.5 Å². The van der Waals surface area contributed by atoms with E-state index in [1.54, 1.807) is 37.3 Å². The van der Waals surface area contributed by atoms with Gasteiger partial charge in [0.1, 0.15) is 16.5 Å². The van der Waals surface area contributed by atoms with Crippen LogP contribution in [0.2, 0.25) is 0 Å². The Morgan fingerprint density at radius 3 is 2.41 bits per heavy atom. The van der Waals surface area contributed by atoms with Crippen LogP contribution in [0.15, 0.2) is 35.2 Å². The number of aromatic carboxylic acids is 1. The fraction of sp³-hybridized carbons (Fsp3) is 0.348. The Hall–Kier alpha value is -3.78. The van der Waals surface area contributed by atoms with Gasteiger partial charge in [-0.15, -0.1) is 0 Å². The highest BCUT2D eigenvalue weighted by molar-refractivity contribution is 7.90. The molecule has 1 saturated heterocycles. The number of carbonyl (C=O) groups is 2. The van der Waals surface area contributed by atoms with Crippen molar-refractivity contribution in [3.8, 4) is 0 Å². The Labute approximate surface area is 217 Å². The number of carboxylic acids is 1. The van der Waals surface area contributed by atoms with Gasteiger partial charge in [0.05, 0.1) is 10.6 Å². The lowest BCUT2D eigenvalue weighted by Gasteiger charge is -2.31. The molecule has 3 heterocycles. The minimum absolute atomic E-state index is 0.128. The molecular formula is C23H27N7O5S2. The van der Waals surface area contributed by atoms with Gasteiger partial charge in [0, 0.05) is 37.9 Å². The standard InChI is InChI=1S/C23H27N7O5S2/c1-13-19(21(32)33)36-23(26-13)29-22-27-17(25-12-14-3-5-16(6-4-14)37(2,34)35)11-18(28-22)30-9-7-15(8-10-30)20(24)31/h3-6,11,15H,7-10,12H2,1-2H3,(H2,24,31)(H,32,33)(H2,25,26,27,28,29). The third kappa shape index (κ3) is 6.51. The molecule has 1 aliphatic rings. The topological polar surface area (TPSA) is 180 Å². The lowest BCUT2D eigenvalue weighted by molar-refractivity contribution is -0.122. The van der Waals surface area contributed by atoms with Gasteiger partial charge in [0.15, 0.2) is 15.0 Å². The third-order valence-electron chi connectivity index (χ3n) is 5.97. The minimum atomic E-state index is -3.28. The van der Waals surface area contributed by atoms with Crippen LogP contribution in [-0.2, 0) is 21.2 Å². The van der Waals surface area contributed by atoms with E-state index >= 15 is 0 Å². The molecule has 196 valence electrons. The first kappa shape index (κ1) is 26.3. The van der Waals surface area contributed by atoms with Crippen molar-refractivity contribution in [2.45, 2.75) is 31.2 Å². The van der Waals surface area contributed by atoms with Crippen molar-refractivity contribution in [2.24, 2.45) is 11.7 Å². The molecule has 3 aromatic rings. The van der Waals surface area contributed by atoms with Crippen molar-refractivity contribution < 1.29 is 23.1 Å². The van der Waals surface area contributed by atoms with Crippen molar-refractivity contribution >= 4 is 55.8 Å². The Bertz CT molecular complexity index is 1420. The second kappa shape index (κ2) is 10.7. The highest BCUT2D eigenvalue weighted by atomic mass is 32.2. The van der Waals surface area contributed by atoms with Gasteiger partial charge in [0.2, 0.25) is 11.9 Å². The summed E-state index contributed by atoms with van der Waals surface area (Å²) in [5.74, 6) is -0.168. The van der Waals surface area contributed by atoms with Crippen molar-refractivity contribution in [1.29, 1.82) is 0 Å². The third-order valence-corrected chi connectivity index (χ3v) is 8.16. The maximum atomic E-state index is 11.7. The summed E-state index contributed by atoms with van der Waals surface area (Å²) in [6.07, 6.45) is 2.39. The number of amides is 1. The van der Waals surface area contributed by atoms with E-state index in [0.717, 1.165) is 23.2 Å². The number of hydrogen-bond acceptors (Lipinski definition) is 11. The van der Waals surface area contributed by atoms with Crippen LogP contribution in [0.5, 0.6) is 0 Å². The van der Waals surface area contributed by atoms with Gasteiger partial charge in [0.25, 0.3) is 0 Å². The van der Waals surface area contributed by atoms with E-state index in [9.17, 15) is 23.1 Å². The number of piperidine rings is 1. The number of aryl methyl sites for hydroxylation is 1. The van der Waals surface area contributed by atoms with Crippen LogP contribution in [0.4, 0.5) is 22.7 Å². The summed E-state index contributed by atoms with van der Waals surface area (Å²) in [7, 11) is -3.28. The first-order valence-corrected chi connectivity index (χ1v) is 14.1. The second-order valence-electron chi connectivity index (χ2n) is 8.73. The quantitative estimate of drug-likeness (QED) is 0.310. The molecule has 0 unspecified atom stereocenters. The summed E-state index contributed by atoms with van der Waals surface area (Å²) < 4.78 is 23.4. The Kier molecular flexibility index (Phi) is 7.59. The van der Waals surface area contributed by atoms with Crippen molar-refractivity contribution in [3.05, 3.63) is 46.5 Å². The molecule has 1 fully saturated rings. The molecule has 0 aliphatic carbocycles. The Morgan fingerprint density at radius 1 is 1.16 bits per heavy atom. The number of benzene rings is 1. The molecule has 1 aliphatic heterocycles. The number of nitrogens with zero attached hydrogens (tertiary/aromatic N) is 4. The second-order valence-corrected chi connectivity index (χ2v) is 11.7. The number of thiazole rings is 1. The van der Waals surface area contributed by atoms with Crippen LogP contribution < -0.4 is 21.3 Å². The number of rotatable bonds is 9. The fourth-order valence-corrected chi connectivity index (χ4v) is 5.36. The van der Waals surface area contributed by atoms with Gasteiger partial charge in [-0.3, -0.25) is 10.1 Å². The van der Waals surface area contributed by atoms with Crippen molar-refractivity contribution in [1.82, 2.24) is 15.0 Å². The lowest BCUT2D eigenvalue weighted by Crippen LogP contribution is -2.39. The molecule has 0 spiro atoms. The number of nitrogens with one attached hydrogen (secondary N) is 2. The fourth-order valence-electron chi connectivity index (χ4n) is 3.93. The highest BCUT2D eigenvalue weighted by Gasteiger charge is 2.25. The summed E-state index contributed by atoms with van der Waals surface area (Å²) >= 11 is 0.990. The van der Waals surface area contributed by atoms with Crippen molar-refractivity contribution in [2.75, 3.05) is 34.9 Å². The molecule has 5 N–H and O–H groups in total. The van der Waals surface area contributed by atoms with E-state index in [-0.39, 0.29) is 27.5 Å². The number of nitrogens with two attached hydrogens (primary N) is 1. The normalized spacial score (nSPS) is 14.4. The monoisotopic (exact) mass is 545 g/mol. The number of carbonyl (C=O) groups excluding carboxylic acids is 1. The molecule has 1 aromatic carbocycles. The Morgan fingerprint density at radius 2 is 1.84 bits per heavy atom. The Balaban J connectivity index is 1.57. The average molecular weight is 546 g/mol. The van der Waals surface area contributed by atoms with Crippen LogP contribution >= 0.6 is 11.3 Å². The first-order chi connectivity index (χ1) is 17.5. The van der Waals surface area contributed by atoms with Gasteiger partial charge in [-0.25, -0.2) is 18.2 Å². The number of anilines is 4. The maximum absolute atomic E-state index is 11.7. The van der Waals surface area contributed by atoms with E-state index < -0.39 is 15.8 Å². The van der Waals surface area contributed by atoms with Crippen molar-refractivity contribution in [3.63, 3.8) is 0 Å². The number of aromatic nitrogens is 3. The molecule has 0 radical (unpaired) electrons. The van der Waals surface area contributed by atoms with Gasteiger partial charge in [-0.2, -0.15) is 9.97 Å². The van der Waals surface area contributed by atoms with E-state index in [2.05, 4.69) is 25.6 Å². The molecular weight excluding hydrogens is 518 g/mol. The molecule has 12 nitrogen and oxygen atoms in total. The van der Waals surface area contributed by atoms with E-state index in [1.165, 1.54) is 0 Å². The number of hydrogen-bond donors (Lipinski definition) is 4. The smallest absolute Gasteiger partial charge is 0.347 e. The van der Waals surface area contributed by atoms with E-state index in [4.69, 9.17) is 5.73 Å². The summed E-state index contributed by atoms with van der Waals surface area (Å²) in [6, 6.07) is 8.35. The van der Waals surface area contributed by atoms with Gasteiger partial charge < -0.3 is 21.1 Å². The summed E-state index contributed by atoms with van der Waals surface area (Å²) in [4.78, 5) is 38.7. The molecule has 37 heavy (non-hydrogen) atoms. The number of sulfone groups is 1. The largest absolute Gasteiger partial charge is 0.477 e. The highest BCUT2D eigenvalue weighted by Crippen LogP contribution is 2.28. The van der Waals surface area contributed by atoms with Gasteiger partial charge >= 0.3 is 5.97 Å². The van der Waals surface area contributed by atoms with E-state index in [1.807, 2.05) is 4.90 Å². The molecule has 14 heteroatoms.